The lowest BCUT2D eigenvalue weighted by Gasteiger charge is -2.05. The van der Waals surface area contributed by atoms with Gasteiger partial charge in [0.1, 0.15) is 11.6 Å². The molecule has 1 heterocycles. The van der Waals surface area contributed by atoms with Crippen LogP contribution in [0.15, 0.2) is 49.1 Å². The first-order chi connectivity index (χ1) is 9.69. The topological polar surface area (TPSA) is 66.9 Å². The van der Waals surface area contributed by atoms with E-state index in [0.717, 1.165) is 0 Å². The van der Waals surface area contributed by atoms with Crippen LogP contribution in [0.2, 0.25) is 0 Å². The van der Waals surface area contributed by atoms with E-state index in [1.807, 2.05) is 0 Å². The molecule has 1 amide bonds. The fraction of sp³-hybridized carbons (Fsp3) is 0.0714. The molecule has 0 saturated carbocycles. The molecular weight excluding hydrogens is 259 g/mol. The van der Waals surface area contributed by atoms with Crippen molar-refractivity contribution in [2.45, 2.75) is 0 Å². The number of carbonyl (C=O) groups excluding carboxylic acids is 1. The Morgan fingerprint density at radius 3 is 2.40 bits per heavy atom. The molecule has 0 aliphatic carbocycles. The molecule has 0 fully saturated rings. The second-order valence-electron chi connectivity index (χ2n) is 3.93. The molecule has 0 atom stereocenters. The summed E-state index contributed by atoms with van der Waals surface area (Å²) >= 11 is 0. The van der Waals surface area contributed by atoms with Crippen LogP contribution in [0.4, 0.5) is 16.0 Å². The minimum atomic E-state index is -0.390. The molecule has 0 aliphatic rings. The number of nitrogens with zero attached hydrogens (tertiary/aromatic N) is 2. The number of hydrogen-bond donors (Lipinski definition) is 2. The van der Waals surface area contributed by atoms with Crippen LogP contribution in [-0.4, -0.2) is 22.6 Å². The maximum Gasteiger partial charge on any atom is 0.256 e. The smallest absolute Gasteiger partial charge is 0.256 e. The summed E-state index contributed by atoms with van der Waals surface area (Å²) in [5.41, 5.74) is 0.349. The quantitative estimate of drug-likeness (QED) is 0.820. The van der Waals surface area contributed by atoms with Crippen molar-refractivity contribution >= 4 is 17.5 Å². The lowest BCUT2D eigenvalue weighted by Crippen LogP contribution is -2.13. The van der Waals surface area contributed by atoms with Gasteiger partial charge >= 0.3 is 0 Å². The van der Waals surface area contributed by atoms with Crippen LogP contribution in [0.25, 0.3) is 0 Å². The van der Waals surface area contributed by atoms with Crippen molar-refractivity contribution in [1.82, 2.24) is 10.2 Å². The van der Waals surface area contributed by atoms with Gasteiger partial charge in [0.25, 0.3) is 5.91 Å². The Labute approximate surface area is 115 Å². The zero-order chi connectivity index (χ0) is 14.4. The zero-order valence-corrected chi connectivity index (χ0v) is 10.6. The van der Waals surface area contributed by atoms with Crippen LogP contribution >= 0.6 is 0 Å². The normalized spacial score (nSPS) is 9.85. The van der Waals surface area contributed by atoms with E-state index in [0.29, 0.717) is 23.7 Å². The van der Waals surface area contributed by atoms with Gasteiger partial charge < -0.3 is 10.6 Å². The van der Waals surface area contributed by atoms with Crippen molar-refractivity contribution in [2.75, 3.05) is 17.2 Å². The molecule has 1 aromatic heterocycles. The molecule has 0 spiro atoms. The maximum absolute atomic E-state index is 12.8. The first-order valence-electron chi connectivity index (χ1n) is 5.94. The molecule has 2 aromatic rings. The van der Waals surface area contributed by atoms with Crippen molar-refractivity contribution in [2.24, 2.45) is 0 Å². The summed E-state index contributed by atoms with van der Waals surface area (Å²) in [6.45, 7) is 4.16. The van der Waals surface area contributed by atoms with Crippen LogP contribution in [-0.2, 0) is 0 Å². The Bertz CT molecular complexity index is 596. The second kappa shape index (κ2) is 6.42. The number of benzene rings is 1. The number of anilines is 2. The van der Waals surface area contributed by atoms with Crippen LogP contribution in [0.3, 0.4) is 0 Å². The van der Waals surface area contributed by atoms with E-state index in [-0.39, 0.29) is 11.7 Å². The first kappa shape index (κ1) is 13.7. The predicted octanol–water partition coefficient (Wildman–Crippen LogP) is 2.47. The van der Waals surface area contributed by atoms with Gasteiger partial charge in [0.05, 0.1) is 0 Å². The lowest BCUT2D eigenvalue weighted by molar-refractivity contribution is 0.102. The molecule has 0 bridgehead atoms. The van der Waals surface area contributed by atoms with Gasteiger partial charge in [0.2, 0.25) is 0 Å². The standard InChI is InChI=1S/C14H13FN4O/c1-2-9-16-12-7-8-13(19-18-12)17-14(20)10-3-5-11(15)6-4-10/h2-8H,1,9H2,(H,16,18)(H,17,19,20). The molecule has 2 rings (SSSR count). The summed E-state index contributed by atoms with van der Waals surface area (Å²) in [5.74, 6) is 0.151. The third-order valence-electron chi connectivity index (χ3n) is 2.44. The van der Waals surface area contributed by atoms with Gasteiger partial charge in [-0.1, -0.05) is 6.08 Å². The largest absolute Gasteiger partial charge is 0.365 e. The van der Waals surface area contributed by atoms with E-state index in [9.17, 15) is 9.18 Å². The second-order valence-corrected chi connectivity index (χ2v) is 3.93. The van der Waals surface area contributed by atoms with E-state index in [1.54, 1.807) is 18.2 Å². The molecular formula is C14H13FN4O. The van der Waals surface area contributed by atoms with Crippen molar-refractivity contribution in [3.63, 3.8) is 0 Å². The number of aromatic nitrogens is 2. The van der Waals surface area contributed by atoms with Crippen molar-refractivity contribution in [1.29, 1.82) is 0 Å². The van der Waals surface area contributed by atoms with E-state index in [4.69, 9.17) is 0 Å². The highest BCUT2D eigenvalue weighted by Crippen LogP contribution is 2.09. The van der Waals surface area contributed by atoms with Gasteiger partial charge in [0.15, 0.2) is 5.82 Å². The predicted molar refractivity (Wildman–Crippen MR) is 75.1 cm³/mol. The monoisotopic (exact) mass is 272 g/mol. The van der Waals surface area contributed by atoms with Gasteiger partial charge in [-0.05, 0) is 36.4 Å². The Kier molecular flexibility index (Phi) is 4.39. The number of amides is 1. The minimum absolute atomic E-state index is 0.323. The average molecular weight is 272 g/mol. The number of hydrogen-bond acceptors (Lipinski definition) is 4. The molecule has 20 heavy (non-hydrogen) atoms. The molecule has 2 N–H and O–H groups in total. The summed E-state index contributed by atoms with van der Waals surface area (Å²) in [7, 11) is 0. The van der Waals surface area contributed by atoms with E-state index >= 15 is 0 Å². The Balaban J connectivity index is 2.00. The summed E-state index contributed by atoms with van der Waals surface area (Å²) in [6, 6.07) is 8.57. The molecule has 0 radical (unpaired) electrons. The minimum Gasteiger partial charge on any atom is -0.365 e. The Morgan fingerprint density at radius 1 is 1.15 bits per heavy atom. The molecule has 102 valence electrons. The number of halogens is 1. The Morgan fingerprint density at radius 2 is 1.80 bits per heavy atom. The van der Waals surface area contributed by atoms with Crippen LogP contribution in [0, 0.1) is 5.82 Å². The zero-order valence-electron chi connectivity index (χ0n) is 10.6. The number of carbonyl (C=O) groups is 1. The number of nitrogens with one attached hydrogen (secondary N) is 2. The summed E-state index contributed by atoms with van der Waals surface area (Å²) in [6.07, 6.45) is 1.70. The first-order valence-corrected chi connectivity index (χ1v) is 5.94. The van der Waals surface area contributed by atoms with Crippen LogP contribution in [0.1, 0.15) is 10.4 Å². The third kappa shape index (κ3) is 3.61. The van der Waals surface area contributed by atoms with E-state index in [1.165, 1.54) is 24.3 Å². The van der Waals surface area contributed by atoms with Gasteiger partial charge in [-0.25, -0.2) is 4.39 Å². The fourth-order valence-corrected chi connectivity index (χ4v) is 1.46. The van der Waals surface area contributed by atoms with Gasteiger partial charge in [-0.15, -0.1) is 16.8 Å². The summed E-state index contributed by atoms with van der Waals surface area (Å²) < 4.78 is 12.8. The summed E-state index contributed by atoms with van der Waals surface area (Å²) in [4.78, 5) is 11.9. The molecule has 0 saturated heterocycles. The highest BCUT2D eigenvalue weighted by atomic mass is 19.1. The number of rotatable bonds is 5. The fourth-order valence-electron chi connectivity index (χ4n) is 1.46. The summed E-state index contributed by atoms with van der Waals surface area (Å²) in [5, 5.41) is 13.3. The molecule has 6 heteroatoms. The highest BCUT2D eigenvalue weighted by Gasteiger charge is 2.07. The van der Waals surface area contributed by atoms with Gasteiger partial charge in [-0.2, -0.15) is 0 Å². The van der Waals surface area contributed by atoms with Crippen molar-refractivity contribution in [3.05, 3.63) is 60.4 Å². The van der Waals surface area contributed by atoms with Crippen molar-refractivity contribution < 1.29 is 9.18 Å². The molecule has 1 aromatic carbocycles. The highest BCUT2D eigenvalue weighted by molar-refractivity contribution is 6.03. The lowest BCUT2D eigenvalue weighted by atomic mass is 10.2. The SMILES string of the molecule is C=CCNc1ccc(NC(=O)c2ccc(F)cc2)nn1. The Hall–Kier alpha value is -2.76. The maximum atomic E-state index is 12.8. The van der Waals surface area contributed by atoms with Gasteiger partial charge in [-0.3, -0.25) is 4.79 Å². The average Bonchev–Trinajstić information content (AvgIpc) is 2.47. The third-order valence-corrected chi connectivity index (χ3v) is 2.44. The molecule has 0 aliphatic heterocycles. The van der Waals surface area contributed by atoms with E-state index < -0.39 is 0 Å². The molecule has 0 unspecified atom stereocenters. The van der Waals surface area contributed by atoms with Crippen LogP contribution < -0.4 is 10.6 Å². The molecule has 5 nitrogen and oxygen atoms in total. The van der Waals surface area contributed by atoms with E-state index in [2.05, 4.69) is 27.4 Å². The van der Waals surface area contributed by atoms with Crippen molar-refractivity contribution in [3.8, 4) is 0 Å². The van der Waals surface area contributed by atoms with Gasteiger partial charge in [0, 0.05) is 12.1 Å². The van der Waals surface area contributed by atoms with Crippen LogP contribution in [0.5, 0.6) is 0 Å².